The van der Waals surface area contributed by atoms with E-state index in [0.717, 1.165) is 16.8 Å². The van der Waals surface area contributed by atoms with Crippen LogP contribution in [-0.2, 0) is 27.3 Å². The molecule has 0 radical (unpaired) electrons. The first-order chi connectivity index (χ1) is 22.3. The van der Waals surface area contributed by atoms with Gasteiger partial charge in [-0.05, 0) is 57.9 Å². The van der Waals surface area contributed by atoms with E-state index in [0.29, 0.717) is 62.7 Å². The number of allylic oxidation sites excluding steroid dienone is 6. The molecule has 244 valence electrons. The molecule has 8 nitrogen and oxygen atoms in total. The molecule has 2 aromatic rings. The summed E-state index contributed by atoms with van der Waals surface area (Å²) >= 11 is 0. The van der Waals surface area contributed by atoms with Crippen molar-refractivity contribution in [1.29, 1.82) is 0 Å². The van der Waals surface area contributed by atoms with Gasteiger partial charge in [-0.25, -0.2) is 9.18 Å². The van der Waals surface area contributed by atoms with E-state index >= 15 is 0 Å². The van der Waals surface area contributed by atoms with Gasteiger partial charge in [0.25, 0.3) is 0 Å². The quantitative estimate of drug-likeness (QED) is 0.0703. The third kappa shape index (κ3) is 9.87. The molecule has 1 amide bonds. The van der Waals surface area contributed by atoms with Crippen molar-refractivity contribution in [3.05, 3.63) is 131 Å². The number of piperazine rings is 1. The van der Waals surface area contributed by atoms with Gasteiger partial charge < -0.3 is 15.0 Å². The van der Waals surface area contributed by atoms with E-state index in [4.69, 9.17) is 4.74 Å². The van der Waals surface area contributed by atoms with Crippen molar-refractivity contribution in [2.24, 2.45) is 4.99 Å². The van der Waals surface area contributed by atoms with Crippen LogP contribution >= 0.6 is 0 Å². The second-order valence-electron chi connectivity index (χ2n) is 10.9. The Labute approximate surface area is 272 Å². The lowest BCUT2D eigenvalue weighted by Crippen LogP contribution is -2.50. The highest BCUT2D eigenvalue weighted by molar-refractivity contribution is 6.19. The minimum absolute atomic E-state index is 0.126. The third-order valence-electron chi connectivity index (χ3n) is 7.47. The standard InChI is InChI=1S/C37H46FN5O3/c1-7-13-32(14-8-2)43(27-44)36(40-29(5)18-19-30-15-11-10-12-16-30)34(37(45)46-9-3)35(39-6)42-23-21-41(22-24-42)26-31-25-28(4)17-20-33(31)38/h7-8,10-18,20,25,27,40H,1,9,19,21-24,26H2,2-6H3/b14-8-,29-18-,32-13+,36-34+,39-35?. The molecule has 1 aliphatic heterocycles. The van der Waals surface area contributed by atoms with Crippen molar-refractivity contribution in [3.8, 4) is 0 Å². The van der Waals surface area contributed by atoms with Gasteiger partial charge in [-0.3, -0.25) is 19.6 Å². The van der Waals surface area contributed by atoms with Gasteiger partial charge in [-0.15, -0.1) is 0 Å². The maximum atomic E-state index is 14.5. The van der Waals surface area contributed by atoms with Gasteiger partial charge in [0.1, 0.15) is 23.0 Å². The van der Waals surface area contributed by atoms with Crippen molar-refractivity contribution in [1.82, 2.24) is 20.0 Å². The molecule has 0 atom stereocenters. The molecule has 3 rings (SSSR count). The van der Waals surface area contributed by atoms with Crippen molar-refractivity contribution in [2.75, 3.05) is 39.8 Å². The lowest BCUT2D eigenvalue weighted by molar-refractivity contribution is -0.138. The fourth-order valence-corrected chi connectivity index (χ4v) is 5.21. The lowest BCUT2D eigenvalue weighted by Gasteiger charge is -2.37. The van der Waals surface area contributed by atoms with Crippen molar-refractivity contribution in [3.63, 3.8) is 0 Å². The summed E-state index contributed by atoms with van der Waals surface area (Å²) < 4.78 is 20.1. The zero-order valence-electron chi connectivity index (χ0n) is 27.6. The average molecular weight is 628 g/mol. The molecule has 0 aromatic heterocycles. The minimum atomic E-state index is -0.615. The zero-order valence-corrected chi connectivity index (χ0v) is 27.6. The van der Waals surface area contributed by atoms with Gasteiger partial charge in [0.15, 0.2) is 0 Å². The van der Waals surface area contributed by atoms with Gasteiger partial charge in [-0.1, -0.05) is 72.8 Å². The number of halogens is 1. The predicted molar refractivity (Wildman–Crippen MR) is 183 cm³/mol. The first-order valence-electron chi connectivity index (χ1n) is 15.5. The predicted octanol–water partition coefficient (Wildman–Crippen LogP) is 5.90. The molecule has 1 fully saturated rings. The summed E-state index contributed by atoms with van der Waals surface area (Å²) in [7, 11) is 1.62. The van der Waals surface area contributed by atoms with Crippen LogP contribution in [0.2, 0.25) is 0 Å². The molecule has 0 unspecified atom stereocenters. The number of aryl methyl sites for hydroxylation is 1. The topological polar surface area (TPSA) is 77.5 Å². The first-order valence-corrected chi connectivity index (χ1v) is 15.5. The molecule has 0 saturated carbocycles. The SMILES string of the molecule is C=C/C=C(\C=C/C)N(C=O)/C(N/C(C)=C\Cc1ccccc1)=C(/C(=O)OCC)C(=NC)N1CCN(Cc2cc(C)ccc2F)CC1. The summed E-state index contributed by atoms with van der Waals surface area (Å²) in [5.74, 6) is -0.230. The van der Waals surface area contributed by atoms with Gasteiger partial charge in [0.2, 0.25) is 6.41 Å². The monoisotopic (exact) mass is 627 g/mol. The van der Waals surface area contributed by atoms with Gasteiger partial charge >= 0.3 is 5.97 Å². The maximum Gasteiger partial charge on any atom is 0.345 e. The van der Waals surface area contributed by atoms with Crippen LogP contribution in [0.1, 0.15) is 37.5 Å². The van der Waals surface area contributed by atoms with E-state index in [-0.39, 0.29) is 23.8 Å². The molecular weight excluding hydrogens is 581 g/mol. The smallest absolute Gasteiger partial charge is 0.345 e. The molecule has 0 spiro atoms. The Bertz CT molecular complexity index is 1500. The highest BCUT2D eigenvalue weighted by Crippen LogP contribution is 2.22. The van der Waals surface area contributed by atoms with E-state index in [1.54, 1.807) is 44.3 Å². The van der Waals surface area contributed by atoms with Crippen LogP contribution in [0.25, 0.3) is 0 Å². The fraction of sp³-hybridized carbons (Fsp3) is 0.324. The van der Waals surface area contributed by atoms with Crippen LogP contribution in [0.15, 0.2) is 113 Å². The molecule has 46 heavy (non-hydrogen) atoms. The van der Waals surface area contributed by atoms with E-state index in [1.807, 2.05) is 68.1 Å². The number of amidine groups is 1. The summed E-state index contributed by atoms with van der Waals surface area (Å²) in [5, 5.41) is 3.35. The molecule has 1 aliphatic rings. The molecule has 2 aromatic carbocycles. The van der Waals surface area contributed by atoms with E-state index < -0.39 is 5.97 Å². The fourth-order valence-electron chi connectivity index (χ4n) is 5.21. The number of rotatable bonds is 14. The number of ether oxygens (including phenoxy) is 1. The average Bonchev–Trinajstić information content (AvgIpc) is 3.05. The van der Waals surface area contributed by atoms with Gasteiger partial charge in [0.05, 0.1) is 6.61 Å². The van der Waals surface area contributed by atoms with Crippen LogP contribution in [0, 0.1) is 12.7 Å². The molecule has 9 heteroatoms. The van der Waals surface area contributed by atoms with Gasteiger partial charge in [0, 0.05) is 56.7 Å². The Morgan fingerprint density at radius 1 is 1.15 bits per heavy atom. The molecule has 1 saturated heterocycles. The highest BCUT2D eigenvalue weighted by Gasteiger charge is 2.32. The second-order valence-corrected chi connectivity index (χ2v) is 10.9. The van der Waals surface area contributed by atoms with Crippen molar-refractivity contribution >= 4 is 18.2 Å². The summed E-state index contributed by atoms with van der Waals surface area (Å²) in [6.07, 6.45) is 10.1. The van der Waals surface area contributed by atoms with Crippen LogP contribution in [0.4, 0.5) is 4.39 Å². The maximum absolute atomic E-state index is 14.5. The van der Waals surface area contributed by atoms with Crippen LogP contribution in [0.5, 0.6) is 0 Å². The summed E-state index contributed by atoms with van der Waals surface area (Å²) in [6, 6.07) is 15.1. The second kappa shape index (κ2) is 18.3. The van der Waals surface area contributed by atoms with Gasteiger partial charge in [-0.2, -0.15) is 0 Å². The number of nitrogens with one attached hydrogen (secondary N) is 1. The van der Waals surface area contributed by atoms with Crippen molar-refractivity contribution < 1.29 is 18.7 Å². The lowest BCUT2D eigenvalue weighted by atomic mass is 10.1. The van der Waals surface area contributed by atoms with Crippen LogP contribution in [0.3, 0.4) is 0 Å². The first kappa shape index (κ1) is 35.7. The van der Waals surface area contributed by atoms with E-state index in [1.165, 1.54) is 11.0 Å². The summed E-state index contributed by atoms with van der Waals surface area (Å²) in [5.41, 5.74) is 4.13. The molecule has 0 bridgehead atoms. The number of aliphatic imine (C=N–C) groups is 1. The number of benzene rings is 2. The number of nitrogens with zero attached hydrogens (tertiary/aromatic N) is 4. The number of hydrogen-bond acceptors (Lipinski definition) is 6. The van der Waals surface area contributed by atoms with Crippen LogP contribution < -0.4 is 5.32 Å². The number of carbonyl (C=O) groups excluding carboxylic acids is 2. The van der Waals surface area contributed by atoms with E-state index in [2.05, 4.69) is 21.8 Å². The number of hydrogen-bond donors (Lipinski definition) is 1. The van der Waals surface area contributed by atoms with E-state index in [9.17, 15) is 14.0 Å². The summed E-state index contributed by atoms with van der Waals surface area (Å²) in [6.45, 7) is 14.2. The molecule has 0 aliphatic carbocycles. The Morgan fingerprint density at radius 3 is 2.48 bits per heavy atom. The van der Waals surface area contributed by atoms with Crippen molar-refractivity contribution in [2.45, 2.75) is 40.7 Å². The highest BCUT2D eigenvalue weighted by atomic mass is 19.1. The Morgan fingerprint density at radius 2 is 1.87 bits per heavy atom. The number of esters is 1. The summed E-state index contributed by atoms with van der Waals surface area (Å²) in [4.78, 5) is 36.8. The zero-order chi connectivity index (χ0) is 33.5. The normalized spacial score (nSPS) is 15.4. The van der Waals surface area contributed by atoms with Crippen LogP contribution in [-0.4, -0.2) is 72.7 Å². The third-order valence-corrected chi connectivity index (χ3v) is 7.47. The minimum Gasteiger partial charge on any atom is -0.462 e. The molecule has 1 N–H and O–H groups in total. The number of carbonyl (C=O) groups is 2. The molecular formula is C37H46FN5O3. The Hall–Kier alpha value is -4.76. The Balaban J connectivity index is 2.05. The molecule has 1 heterocycles. The largest absolute Gasteiger partial charge is 0.462 e. The Kier molecular flexibility index (Phi) is 14.2. The number of amides is 1.